The zero-order valence-electron chi connectivity index (χ0n) is 15.5. The number of aromatic nitrogens is 2. The highest BCUT2D eigenvalue weighted by Crippen LogP contribution is 2.52. The van der Waals surface area contributed by atoms with Crippen LogP contribution in [-0.2, 0) is 16.3 Å². The fourth-order valence-corrected chi connectivity index (χ4v) is 5.29. The fraction of sp³-hybridized carbons (Fsp3) is 0.400. The third-order valence-corrected chi connectivity index (χ3v) is 6.74. The fourth-order valence-electron chi connectivity index (χ4n) is 3.79. The predicted molar refractivity (Wildman–Crippen MR) is 108 cm³/mol. The minimum absolute atomic E-state index is 0.428. The van der Waals surface area contributed by atoms with Crippen molar-refractivity contribution < 1.29 is 4.79 Å². The van der Waals surface area contributed by atoms with E-state index in [1.807, 2.05) is 41.2 Å². The van der Waals surface area contributed by atoms with Gasteiger partial charge in [0, 0.05) is 36.3 Å². The SMILES string of the molecule is CCn1cc(C2(N3CCCCC3)NC(C(N)=O)=C(c3ccccc3)S2)cn1. The average molecular weight is 384 g/mol. The minimum Gasteiger partial charge on any atom is -0.364 e. The molecule has 0 saturated carbocycles. The summed E-state index contributed by atoms with van der Waals surface area (Å²) in [4.78, 5) is 15.1. The minimum atomic E-state index is -0.552. The molecule has 27 heavy (non-hydrogen) atoms. The number of nitrogens with zero attached hydrogens (tertiary/aromatic N) is 3. The lowest BCUT2D eigenvalue weighted by Gasteiger charge is -2.42. The number of rotatable bonds is 5. The molecule has 0 spiro atoms. The Bertz CT molecular complexity index is 856. The van der Waals surface area contributed by atoms with E-state index in [1.165, 1.54) is 6.42 Å². The van der Waals surface area contributed by atoms with Crippen LogP contribution in [-0.4, -0.2) is 33.7 Å². The van der Waals surface area contributed by atoms with Crippen molar-refractivity contribution in [3.8, 4) is 0 Å². The van der Waals surface area contributed by atoms with Crippen LogP contribution in [0.4, 0.5) is 0 Å². The number of aryl methyl sites for hydroxylation is 1. The van der Waals surface area contributed by atoms with Crippen molar-refractivity contribution in [2.45, 2.75) is 37.7 Å². The molecule has 4 rings (SSSR count). The largest absolute Gasteiger partial charge is 0.364 e. The van der Waals surface area contributed by atoms with E-state index in [1.54, 1.807) is 11.8 Å². The summed E-state index contributed by atoms with van der Waals surface area (Å²) in [6, 6.07) is 9.99. The first-order valence-electron chi connectivity index (χ1n) is 9.48. The van der Waals surface area contributed by atoms with E-state index >= 15 is 0 Å². The van der Waals surface area contributed by atoms with Crippen LogP contribution in [0.15, 0.2) is 48.4 Å². The van der Waals surface area contributed by atoms with Crippen molar-refractivity contribution >= 4 is 22.6 Å². The summed E-state index contributed by atoms with van der Waals surface area (Å²) in [5, 5.41) is 8.01. The first-order chi connectivity index (χ1) is 13.1. The number of carbonyl (C=O) groups excluding carboxylic acids is 1. The van der Waals surface area contributed by atoms with Crippen LogP contribution in [0.1, 0.15) is 37.3 Å². The van der Waals surface area contributed by atoms with Gasteiger partial charge in [-0.15, -0.1) is 0 Å². The monoisotopic (exact) mass is 383 g/mol. The Morgan fingerprint density at radius 2 is 2.00 bits per heavy atom. The Kier molecular flexibility index (Phi) is 4.97. The molecule has 0 radical (unpaired) electrons. The van der Waals surface area contributed by atoms with E-state index in [4.69, 9.17) is 5.73 Å². The quantitative estimate of drug-likeness (QED) is 0.830. The highest BCUT2D eigenvalue weighted by molar-refractivity contribution is 8.09. The summed E-state index contributed by atoms with van der Waals surface area (Å²) in [5.74, 6) is -0.428. The van der Waals surface area contributed by atoms with Crippen LogP contribution in [0.5, 0.6) is 0 Å². The Morgan fingerprint density at radius 1 is 1.26 bits per heavy atom. The molecule has 1 saturated heterocycles. The van der Waals surface area contributed by atoms with Gasteiger partial charge in [-0.3, -0.25) is 14.4 Å². The van der Waals surface area contributed by atoms with Crippen molar-refractivity contribution in [2.24, 2.45) is 5.73 Å². The van der Waals surface area contributed by atoms with Gasteiger partial charge in [-0.1, -0.05) is 48.5 Å². The van der Waals surface area contributed by atoms with Gasteiger partial charge in [-0.2, -0.15) is 5.10 Å². The number of nitrogens with one attached hydrogen (secondary N) is 1. The van der Waals surface area contributed by atoms with E-state index in [0.29, 0.717) is 5.70 Å². The Hall–Kier alpha value is -2.25. The van der Waals surface area contributed by atoms with E-state index in [-0.39, 0.29) is 0 Å². The van der Waals surface area contributed by atoms with Crippen LogP contribution in [0.2, 0.25) is 0 Å². The smallest absolute Gasteiger partial charge is 0.266 e. The van der Waals surface area contributed by atoms with Crippen molar-refractivity contribution in [1.82, 2.24) is 20.0 Å². The van der Waals surface area contributed by atoms with Crippen LogP contribution >= 0.6 is 11.8 Å². The Balaban J connectivity index is 1.79. The van der Waals surface area contributed by atoms with E-state index in [2.05, 4.69) is 28.4 Å². The second-order valence-corrected chi connectivity index (χ2v) is 8.14. The number of hydrogen-bond donors (Lipinski definition) is 2. The Morgan fingerprint density at radius 3 is 2.63 bits per heavy atom. The van der Waals surface area contributed by atoms with Crippen LogP contribution in [0.25, 0.3) is 4.91 Å². The molecule has 6 nitrogen and oxygen atoms in total. The maximum atomic E-state index is 12.3. The van der Waals surface area contributed by atoms with Crippen molar-refractivity contribution in [3.63, 3.8) is 0 Å². The molecule has 1 unspecified atom stereocenters. The predicted octanol–water partition coefficient (Wildman–Crippen LogP) is 2.69. The zero-order chi connectivity index (χ0) is 18.9. The Labute approximate surface area is 163 Å². The molecule has 0 bridgehead atoms. The van der Waals surface area contributed by atoms with Gasteiger partial charge in [0.1, 0.15) is 5.70 Å². The zero-order valence-corrected chi connectivity index (χ0v) is 16.3. The number of amides is 1. The number of primary amides is 1. The highest BCUT2D eigenvalue weighted by Gasteiger charge is 2.48. The molecule has 1 aromatic carbocycles. The summed E-state index contributed by atoms with van der Waals surface area (Å²) in [7, 11) is 0. The summed E-state index contributed by atoms with van der Waals surface area (Å²) in [6.45, 7) is 4.83. The lowest BCUT2D eigenvalue weighted by molar-refractivity contribution is -0.115. The standard InChI is InChI=1S/C20H25N5OS/c1-2-25-14-16(13-22-25)20(24-11-7-4-8-12-24)23-17(19(21)26)18(27-20)15-9-5-3-6-10-15/h3,5-6,9-10,13-14,23H,2,4,7-8,11-12H2,1H3,(H2,21,26). The molecule has 1 aromatic heterocycles. The third kappa shape index (κ3) is 3.26. The van der Waals surface area contributed by atoms with E-state index in [9.17, 15) is 4.79 Å². The van der Waals surface area contributed by atoms with Crippen molar-refractivity contribution in [2.75, 3.05) is 13.1 Å². The molecular formula is C20H25N5OS. The lowest BCUT2D eigenvalue weighted by atomic mass is 10.1. The number of benzene rings is 1. The van der Waals surface area contributed by atoms with Crippen LogP contribution in [0, 0.1) is 0 Å². The number of thioether (sulfide) groups is 1. The summed E-state index contributed by atoms with van der Waals surface area (Å²) >= 11 is 1.67. The molecule has 1 amide bonds. The third-order valence-electron chi connectivity index (χ3n) is 5.20. The molecule has 2 aliphatic heterocycles. The molecule has 2 aliphatic rings. The molecule has 3 heterocycles. The number of carbonyl (C=O) groups is 1. The normalized spacial score (nSPS) is 23.4. The van der Waals surface area contributed by atoms with Crippen LogP contribution in [0.3, 0.4) is 0 Å². The van der Waals surface area contributed by atoms with Gasteiger partial charge in [0.15, 0.2) is 4.99 Å². The summed E-state index contributed by atoms with van der Waals surface area (Å²) in [6.07, 6.45) is 7.52. The van der Waals surface area contributed by atoms with Gasteiger partial charge in [0.2, 0.25) is 0 Å². The van der Waals surface area contributed by atoms with Crippen molar-refractivity contribution in [3.05, 3.63) is 59.5 Å². The van der Waals surface area contributed by atoms with Gasteiger partial charge in [0.05, 0.1) is 6.20 Å². The van der Waals surface area contributed by atoms with Gasteiger partial charge >= 0.3 is 0 Å². The molecule has 3 N–H and O–H groups in total. The van der Waals surface area contributed by atoms with Gasteiger partial charge in [-0.05, 0) is 25.3 Å². The molecule has 1 fully saturated rings. The molecule has 7 heteroatoms. The van der Waals surface area contributed by atoms with Gasteiger partial charge < -0.3 is 11.1 Å². The number of hydrogen-bond acceptors (Lipinski definition) is 5. The maximum absolute atomic E-state index is 12.3. The summed E-state index contributed by atoms with van der Waals surface area (Å²) < 4.78 is 1.92. The van der Waals surface area contributed by atoms with E-state index in [0.717, 1.165) is 48.5 Å². The lowest BCUT2D eigenvalue weighted by Crippen LogP contribution is -2.53. The van der Waals surface area contributed by atoms with Gasteiger partial charge in [-0.25, -0.2) is 0 Å². The first-order valence-corrected chi connectivity index (χ1v) is 10.3. The second-order valence-electron chi connectivity index (χ2n) is 6.94. The van der Waals surface area contributed by atoms with Crippen molar-refractivity contribution in [1.29, 1.82) is 0 Å². The molecule has 0 aliphatic carbocycles. The maximum Gasteiger partial charge on any atom is 0.266 e. The average Bonchev–Trinajstić information content (AvgIpc) is 3.35. The topological polar surface area (TPSA) is 76.2 Å². The van der Waals surface area contributed by atoms with Gasteiger partial charge in [0.25, 0.3) is 5.91 Å². The highest BCUT2D eigenvalue weighted by atomic mass is 32.2. The molecular weight excluding hydrogens is 358 g/mol. The number of piperidine rings is 1. The first kappa shape index (κ1) is 18.1. The molecule has 142 valence electrons. The number of likely N-dealkylation sites (tertiary alicyclic amines) is 1. The molecule has 1 atom stereocenters. The summed E-state index contributed by atoms with van der Waals surface area (Å²) in [5.41, 5.74) is 8.32. The van der Waals surface area contributed by atoms with E-state index < -0.39 is 10.9 Å². The van der Waals surface area contributed by atoms with Crippen LogP contribution < -0.4 is 11.1 Å². The second kappa shape index (κ2) is 7.40. The number of nitrogens with two attached hydrogens (primary N) is 1. The molecule has 2 aromatic rings.